The SMILES string of the molecule is CC(OCc1cccc([N+](=O)[O-])c1NN)c1ccccc1. The molecule has 110 valence electrons. The monoisotopic (exact) mass is 287 g/mol. The largest absolute Gasteiger partial charge is 0.369 e. The Labute approximate surface area is 122 Å². The first-order chi connectivity index (χ1) is 10.1. The number of para-hydroxylation sites is 1. The molecule has 0 aliphatic rings. The molecule has 0 aromatic heterocycles. The molecule has 0 saturated heterocycles. The molecule has 1 atom stereocenters. The van der Waals surface area contributed by atoms with Crippen LogP contribution in [0.15, 0.2) is 48.5 Å². The summed E-state index contributed by atoms with van der Waals surface area (Å²) in [6.07, 6.45) is -0.115. The fraction of sp³-hybridized carbons (Fsp3) is 0.200. The Hall–Kier alpha value is -2.44. The molecular weight excluding hydrogens is 270 g/mol. The highest BCUT2D eigenvalue weighted by molar-refractivity contribution is 5.65. The van der Waals surface area contributed by atoms with Gasteiger partial charge in [0.2, 0.25) is 0 Å². The molecule has 0 heterocycles. The Morgan fingerprint density at radius 3 is 2.57 bits per heavy atom. The predicted octanol–water partition coefficient (Wildman–Crippen LogP) is 3.16. The number of benzene rings is 2. The van der Waals surface area contributed by atoms with Crippen LogP contribution in [0.2, 0.25) is 0 Å². The van der Waals surface area contributed by atoms with Crippen molar-refractivity contribution in [2.24, 2.45) is 5.84 Å². The zero-order valence-electron chi connectivity index (χ0n) is 11.7. The van der Waals surface area contributed by atoms with Crippen LogP contribution in [0, 0.1) is 10.1 Å². The lowest BCUT2D eigenvalue weighted by atomic mass is 10.1. The number of nitro groups is 1. The van der Waals surface area contributed by atoms with Gasteiger partial charge in [0.1, 0.15) is 5.69 Å². The van der Waals surface area contributed by atoms with E-state index in [9.17, 15) is 10.1 Å². The summed E-state index contributed by atoms with van der Waals surface area (Å²) in [6.45, 7) is 2.17. The first-order valence-electron chi connectivity index (χ1n) is 6.53. The smallest absolute Gasteiger partial charge is 0.294 e. The Morgan fingerprint density at radius 2 is 1.95 bits per heavy atom. The maximum atomic E-state index is 11.0. The third-order valence-corrected chi connectivity index (χ3v) is 3.23. The summed E-state index contributed by atoms with van der Waals surface area (Å²) in [6, 6.07) is 14.5. The van der Waals surface area contributed by atoms with Crippen LogP contribution >= 0.6 is 0 Å². The van der Waals surface area contributed by atoms with E-state index in [0.29, 0.717) is 5.56 Å². The highest BCUT2D eigenvalue weighted by Gasteiger charge is 2.17. The topological polar surface area (TPSA) is 90.4 Å². The van der Waals surface area contributed by atoms with Crippen molar-refractivity contribution in [2.75, 3.05) is 5.43 Å². The fourth-order valence-electron chi connectivity index (χ4n) is 2.06. The average Bonchev–Trinajstić information content (AvgIpc) is 2.52. The minimum Gasteiger partial charge on any atom is -0.369 e. The van der Waals surface area contributed by atoms with Crippen molar-refractivity contribution < 1.29 is 9.66 Å². The third kappa shape index (κ3) is 3.56. The standard InChI is InChI=1S/C15H17N3O3/c1-11(12-6-3-2-4-7-12)21-10-13-8-5-9-14(18(19)20)15(13)17-16/h2-9,11,17H,10,16H2,1H3. The van der Waals surface area contributed by atoms with Gasteiger partial charge in [-0.2, -0.15) is 0 Å². The second-order valence-electron chi connectivity index (χ2n) is 4.58. The highest BCUT2D eigenvalue weighted by Crippen LogP contribution is 2.29. The van der Waals surface area contributed by atoms with Crippen LogP contribution in [0.4, 0.5) is 11.4 Å². The molecule has 0 fully saturated rings. The van der Waals surface area contributed by atoms with E-state index >= 15 is 0 Å². The number of nitrogens with two attached hydrogens (primary N) is 1. The van der Waals surface area contributed by atoms with Crippen LogP contribution in [0.5, 0.6) is 0 Å². The minimum absolute atomic E-state index is 0.0639. The number of rotatable bonds is 6. The van der Waals surface area contributed by atoms with E-state index in [1.165, 1.54) is 6.07 Å². The zero-order chi connectivity index (χ0) is 15.2. The molecule has 1 unspecified atom stereocenters. The summed E-state index contributed by atoms with van der Waals surface area (Å²) in [5, 5.41) is 11.0. The number of hydrazine groups is 1. The van der Waals surface area contributed by atoms with E-state index in [0.717, 1.165) is 5.56 Å². The van der Waals surface area contributed by atoms with Crippen molar-refractivity contribution in [3.8, 4) is 0 Å². The van der Waals surface area contributed by atoms with E-state index in [2.05, 4.69) is 5.43 Å². The van der Waals surface area contributed by atoms with Crippen LogP contribution in [0.25, 0.3) is 0 Å². The van der Waals surface area contributed by atoms with Crippen molar-refractivity contribution in [3.05, 3.63) is 69.8 Å². The number of hydrogen-bond acceptors (Lipinski definition) is 5. The molecule has 0 bridgehead atoms. The minimum atomic E-state index is -0.473. The molecule has 6 nitrogen and oxygen atoms in total. The summed E-state index contributed by atoms with van der Waals surface area (Å²) in [7, 11) is 0. The number of nitrogens with one attached hydrogen (secondary N) is 1. The average molecular weight is 287 g/mol. The third-order valence-electron chi connectivity index (χ3n) is 3.23. The molecule has 0 aliphatic carbocycles. The normalized spacial score (nSPS) is 11.9. The van der Waals surface area contributed by atoms with Gasteiger partial charge in [-0.25, -0.2) is 0 Å². The van der Waals surface area contributed by atoms with Crippen molar-refractivity contribution in [2.45, 2.75) is 19.6 Å². The Morgan fingerprint density at radius 1 is 1.24 bits per heavy atom. The van der Waals surface area contributed by atoms with Gasteiger partial charge in [0.15, 0.2) is 0 Å². The first-order valence-corrected chi connectivity index (χ1v) is 6.53. The second kappa shape index (κ2) is 6.83. The van der Waals surface area contributed by atoms with Crippen molar-refractivity contribution >= 4 is 11.4 Å². The van der Waals surface area contributed by atoms with Gasteiger partial charge in [0, 0.05) is 11.6 Å². The Kier molecular flexibility index (Phi) is 4.86. The predicted molar refractivity (Wildman–Crippen MR) is 80.6 cm³/mol. The molecule has 3 N–H and O–H groups in total. The highest BCUT2D eigenvalue weighted by atomic mass is 16.6. The van der Waals surface area contributed by atoms with Gasteiger partial charge < -0.3 is 10.2 Å². The number of anilines is 1. The van der Waals surface area contributed by atoms with E-state index < -0.39 is 4.92 Å². The molecule has 2 rings (SSSR count). The quantitative estimate of drug-likeness (QED) is 0.484. The molecule has 21 heavy (non-hydrogen) atoms. The van der Waals surface area contributed by atoms with Crippen molar-refractivity contribution in [1.82, 2.24) is 0 Å². The zero-order valence-corrected chi connectivity index (χ0v) is 11.7. The van der Waals surface area contributed by atoms with Gasteiger partial charge in [0.05, 0.1) is 17.6 Å². The van der Waals surface area contributed by atoms with E-state index in [-0.39, 0.29) is 24.1 Å². The Bertz CT molecular complexity index is 617. The summed E-state index contributed by atoms with van der Waals surface area (Å²) >= 11 is 0. The van der Waals surface area contributed by atoms with Crippen LogP contribution in [0.3, 0.4) is 0 Å². The molecule has 0 amide bonds. The number of hydrogen-bond donors (Lipinski definition) is 2. The summed E-state index contributed by atoms with van der Waals surface area (Å²) in [5.41, 5.74) is 4.30. The molecular formula is C15H17N3O3. The van der Waals surface area contributed by atoms with E-state index in [4.69, 9.17) is 10.6 Å². The molecule has 0 aliphatic heterocycles. The van der Waals surface area contributed by atoms with Gasteiger partial charge in [-0.15, -0.1) is 0 Å². The first kappa shape index (κ1) is 15.0. The molecule has 6 heteroatoms. The summed E-state index contributed by atoms with van der Waals surface area (Å²) < 4.78 is 5.77. The number of nitrogen functional groups attached to an aromatic ring is 1. The summed E-state index contributed by atoms with van der Waals surface area (Å²) in [5.74, 6) is 5.40. The van der Waals surface area contributed by atoms with Crippen LogP contribution in [-0.2, 0) is 11.3 Å². The maximum Gasteiger partial charge on any atom is 0.294 e. The van der Waals surface area contributed by atoms with Crippen molar-refractivity contribution in [1.29, 1.82) is 0 Å². The van der Waals surface area contributed by atoms with Crippen molar-refractivity contribution in [3.63, 3.8) is 0 Å². The van der Waals surface area contributed by atoms with Gasteiger partial charge in [-0.1, -0.05) is 42.5 Å². The molecule has 2 aromatic carbocycles. The van der Waals surface area contributed by atoms with Gasteiger partial charge in [-0.05, 0) is 12.5 Å². The molecule has 0 saturated carbocycles. The second-order valence-corrected chi connectivity index (χ2v) is 4.58. The number of nitrogens with zero attached hydrogens (tertiary/aromatic N) is 1. The fourth-order valence-corrected chi connectivity index (χ4v) is 2.06. The molecule has 2 aromatic rings. The van der Waals surface area contributed by atoms with Crippen LogP contribution in [0.1, 0.15) is 24.2 Å². The number of ether oxygens (including phenoxy) is 1. The van der Waals surface area contributed by atoms with Gasteiger partial charge in [0.25, 0.3) is 5.69 Å². The molecule has 0 radical (unpaired) electrons. The lowest BCUT2D eigenvalue weighted by Crippen LogP contribution is -2.12. The van der Waals surface area contributed by atoms with Gasteiger partial charge in [-0.3, -0.25) is 16.0 Å². The van der Waals surface area contributed by atoms with Gasteiger partial charge >= 0.3 is 0 Å². The summed E-state index contributed by atoms with van der Waals surface area (Å²) in [4.78, 5) is 10.5. The lowest BCUT2D eigenvalue weighted by molar-refractivity contribution is -0.384. The van der Waals surface area contributed by atoms with Crippen LogP contribution in [-0.4, -0.2) is 4.92 Å². The van der Waals surface area contributed by atoms with E-state index in [1.807, 2.05) is 37.3 Å². The lowest BCUT2D eigenvalue weighted by Gasteiger charge is -2.15. The number of nitro benzene ring substituents is 1. The van der Waals surface area contributed by atoms with Crippen LogP contribution < -0.4 is 11.3 Å². The maximum absolute atomic E-state index is 11.0. The van der Waals surface area contributed by atoms with E-state index in [1.54, 1.807) is 12.1 Å². The Balaban J connectivity index is 2.13. The molecule has 0 spiro atoms.